The molecule has 7 nitrogen and oxygen atoms in total. The lowest BCUT2D eigenvalue weighted by molar-refractivity contribution is -0.149. The van der Waals surface area contributed by atoms with Crippen molar-refractivity contribution in [3.8, 4) is 5.75 Å². The van der Waals surface area contributed by atoms with Crippen molar-refractivity contribution in [2.75, 3.05) is 0 Å². The summed E-state index contributed by atoms with van der Waals surface area (Å²) in [4.78, 5) is 12.1. The molecule has 0 saturated carbocycles. The summed E-state index contributed by atoms with van der Waals surface area (Å²) in [7, 11) is -4.07. The second-order valence-electron chi connectivity index (χ2n) is 5.93. The van der Waals surface area contributed by atoms with Crippen molar-refractivity contribution in [1.82, 2.24) is 5.09 Å². The number of allylic oxidation sites excluding steroid dienone is 4. The lowest BCUT2D eigenvalue weighted by Gasteiger charge is -2.23. The van der Waals surface area contributed by atoms with Gasteiger partial charge in [0.2, 0.25) is 0 Å². The highest BCUT2D eigenvalue weighted by molar-refractivity contribution is 7.52. The van der Waals surface area contributed by atoms with Crippen LogP contribution in [0, 0.1) is 0 Å². The zero-order chi connectivity index (χ0) is 21.2. The third-order valence-corrected chi connectivity index (χ3v) is 4.86. The maximum Gasteiger partial charge on any atom is 0.513 e. The Labute approximate surface area is 170 Å². The van der Waals surface area contributed by atoms with Gasteiger partial charge in [0.05, 0.1) is 6.10 Å². The highest BCUT2D eigenvalue weighted by Crippen LogP contribution is 2.47. The first-order valence-electron chi connectivity index (χ1n) is 8.63. The van der Waals surface area contributed by atoms with E-state index in [0.717, 1.165) is 6.20 Å². The first kappa shape index (κ1) is 23.8. The van der Waals surface area contributed by atoms with Gasteiger partial charge in [-0.15, -0.1) is 0 Å². The number of para-hydroxylation sites is 1. The average molecular weight is 429 g/mol. The molecule has 0 bridgehead atoms. The summed E-state index contributed by atoms with van der Waals surface area (Å²) in [6.07, 6.45) is 5.46. The minimum atomic E-state index is -4.07. The summed E-state index contributed by atoms with van der Waals surface area (Å²) in [6.45, 7) is 6.70. The van der Waals surface area contributed by atoms with Crippen LogP contribution in [-0.4, -0.2) is 18.1 Å². The van der Waals surface area contributed by atoms with Gasteiger partial charge in [-0.05, 0) is 45.9 Å². The van der Waals surface area contributed by atoms with Gasteiger partial charge in [-0.25, -0.2) is 4.57 Å². The Balaban J connectivity index is 3.11. The van der Waals surface area contributed by atoms with E-state index in [4.69, 9.17) is 31.1 Å². The van der Waals surface area contributed by atoms with E-state index in [2.05, 4.69) is 5.09 Å². The number of nitrogens with one attached hydrogen (secondary N) is 1. The highest BCUT2D eigenvalue weighted by atomic mass is 35.5. The average Bonchev–Trinajstić information content (AvgIpc) is 2.61. The molecule has 0 saturated heterocycles. The Hall–Kier alpha value is -2.21. The number of hydrogen-bond acceptors (Lipinski definition) is 6. The van der Waals surface area contributed by atoms with Crippen LogP contribution in [0.2, 0.25) is 0 Å². The molecule has 154 valence electrons. The van der Waals surface area contributed by atoms with Crippen LogP contribution in [0.1, 0.15) is 27.7 Å². The van der Waals surface area contributed by atoms with Crippen LogP contribution in [0.25, 0.3) is 0 Å². The summed E-state index contributed by atoms with van der Waals surface area (Å²) in [5.74, 6) is -0.321. The predicted molar refractivity (Wildman–Crippen MR) is 111 cm³/mol. The molecule has 0 heterocycles. The van der Waals surface area contributed by atoms with Gasteiger partial charge in [-0.1, -0.05) is 35.9 Å². The van der Waals surface area contributed by atoms with E-state index >= 15 is 0 Å². The summed E-state index contributed by atoms with van der Waals surface area (Å²) in [5, 5.41) is 2.87. The minimum absolute atomic E-state index is 0.000656. The van der Waals surface area contributed by atoms with Crippen molar-refractivity contribution in [2.24, 2.45) is 5.73 Å². The molecule has 0 aliphatic rings. The Bertz CT molecular complexity index is 778. The van der Waals surface area contributed by atoms with Crippen LogP contribution < -0.4 is 15.3 Å². The number of rotatable bonds is 10. The number of ether oxygens (including phenoxy) is 1. The Kier molecular flexibility index (Phi) is 9.87. The Morgan fingerprint density at radius 1 is 1.25 bits per heavy atom. The molecule has 3 N–H and O–H groups in total. The second-order valence-corrected chi connectivity index (χ2v) is 7.98. The summed E-state index contributed by atoms with van der Waals surface area (Å²) in [5.41, 5.74) is 5.56. The van der Waals surface area contributed by atoms with Gasteiger partial charge in [0.25, 0.3) is 0 Å². The topological polar surface area (TPSA) is 99.9 Å². The lowest BCUT2D eigenvalue weighted by Crippen LogP contribution is -2.36. The number of carbonyl (C=O) groups is 1. The lowest BCUT2D eigenvalue weighted by atomic mass is 10.3. The van der Waals surface area contributed by atoms with E-state index in [-0.39, 0.29) is 17.6 Å². The van der Waals surface area contributed by atoms with Crippen LogP contribution in [0.3, 0.4) is 0 Å². The van der Waals surface area contributed by atoms with Crippen molar-refractivity contribution in [3.63, 3.8) is 0 Å². The minimum Gasteiger partial charge on any atom is -0.462 e. The van der Waals surface area contributed by atoms with Crippen LogP contribution in [-0.2, 0) is 18.6 Å². The van der Waals surface area contributed by atoms with Crippen LogP contribution in [0.15, 0.2) is 65.6 Å². The molecular formula is C19H26ClN2O5P. The smallest absolute Gasteiger partial charge is 0.462 e. The van der Waals surface area contributed by atoms with E-state index in [1.165, 1.54) is 13.0 Å². The first-order chi connectivity index (χ1) is 13.2. The predicted octanol–water partition coefficient (Wildman–Crippen LogP) is 4.62. The van der Waals surface area contributed by atoms with Crippen LogP contribution in [0.5, 0.6) is 5.75 Å². The normalized spacial score (nSPS) is 15.9. The van der Waals surface area contributed by atoms with Crippen molar-refractivity contribution in [2.45, 2.75) is 39.8 Å². The zero-order valence-corrected chi connectivity index (χ0v) is 17.9. The van der Waals surface area contributed by atoms with Crippen LogP contribution in [0.4, 0.5) is 0 Å². The zero-order valence-electron chi connectivity index (χ0n) is 16.3. The largest absolute Gasteiger partial charge is 0.513 e. The van der Waals surface area contributed by atoms with E-state index < -0.39 is 19.8 Å². The number of carbonyl (C=O) groups excluding carboxylic acids is 1. The molecule has 0 fully saturated rings. The van der Waals surface area contributed by atoms with E-state index in [1.54, 1.807) is 63.3 Å². The molecule has 1 unspecified atom stereocenters. The SMILES string of the molecule is C/C=C/C(Cl)=C\C(=C/N)OP(=O)(N[C@@H](C)C(=O)OC(C)C)Oc1ccccc1. The third kappa shape index (κ3) is 8.65. The molecule has 1 rings (SSSR count). The quantitative estimate of drug-likeness (QED) is 0.243. The fraction of sp³-hybridized carbons (Fsp3) is 0.316. The molecule has 0 aliphatic heterocycles. The van der Waals surface area contributed by atoms with Gasteiger partial charge in [-0.2, -0.15) is 5.09 Å². The van der Waals surface area contributed by atoms with Gasteiger partial charge in [0.15, 0.2) is 0 Å². The third-order valence-electron chi connectivity index (χ3n) is 3.02. The van der Waals surface area contributed by atoms with Gasteiger partial charge >= 0.3 is 13.7 Å². The van der Waals surface area contributed by atoms with Gasteiger partial charge in [-0.3, -0.25) is 4.79 Å². The monoisotopic (exact) mass is 428 g/mol. The fourth-order valence-electron chi connectivity index (χ4n) is 1.90. The number of halogens is 1. The van der Waals surface area contributed by atoms with Gasteiger partial charge < -0.3 is 19.5 Å². The first-order valence-corrected chi connectivity index (χ1v) is 10.6. The number of esters is 1. The van der Waals surface area contributed by atoms with Gasteiger partial charge in [0, 0.05) is 17.3 Å². The molecule has 1 aromatic rings. The molecule has 0 amide bonds. The maximum absolute atomic E-state index is 13.3. The van der Waals surface area contributed by atoms with Crippen molar-refractivity contribution >= 4 is 25.3 Å². The molecule has 9 heteroatoms. The Morgan fingerprint density at radius 2 is 1.89 bits per heavy atom. The molecule has 0 radical (unpaired) electrons. The number of nitrogens with two attached hydrogens (primary N) is 1. The maximum atomic E-state index is 13.3. The molecular weight excluding hydrogens is 403 g/mol. The molecule has 0 aliphatic carbocycles. The molecule has 0 aromatic heterocycles. The van der Waals surface area contributed by atoms with E-state index in [9.17, 15) is 9.36 Å². The van der Waals surface area contributed by atoms with Crippen molar-refractivity contribution in [3.05, 3.63) is 65.6 Å². The van der Waals surface area contributed by atoms with Crippen LogP contribution >= 0.6 is 19.3 Å². The van der Waals surface area contributed by atoms with E-state index in [0.29, 0.717) is 5.03 Å². The number of hydrogen-bond donors (Lipinski definition) is 2. The molecule has 0 spiro atoms. The number of benzene rings is 1. The fourth-order valence-corrected chi connectivity index (χ4v) is 3.65. The van der Waals surface area contributed by atoms with E-state index in [1.807, 2.05) is 0 Å². The summed E-state index contributed by atoms with van der Waals surface area (Å²) >= 11 is 6.03. The summed E-state index contributed by atoms with van der Waals surface area (Å²) in [6, 6.07) is 7.43. The Morgan fingerprint density at radius 3 is 2.43 bits per heavy atom. The van der Waals surface area contributed by atoms with Crippen molar-refractivity contribution in [1.29, 1.82) is 0 Å². The van der Waals surface area contributed by atoms with Gasteiger partial charge in [0.1, 0.15) is 17.6 Å². The van der Waals surface area contributed by atoms with Crippen molar-refractivity contribution < 1.29 is 23.1 Å². The molecule has 2 atom stereocenters. The standard InChI is InChI=1S/C19H26ClN2O5P/c1-5-9-16(20)12-18(13-21)27-28(24,26-17-10-7-6-8-11-17)22-15(4)19(23)25-14(2)3/h5-15H,21H2,1-4H3,(H,22,24)/b9-5+,16-12+,18-13+/t15-,28?/m0/s1. The summed E-state index contributed by atoms with van der Waals surface area (Å²) < 4.78 is 29.5. The molecule has 1 aromatic carbocycles. The second kappa shape index (κ2) is 11.6. The highest BCUT2D eigenvalue weighted by Gasteiger charge is 2.34. The molecule has 28 heavy (non-hydrogen) atoms.